The summed E-state index contributed by atoms with van der Waals surface area (Å²) < 4.78 is 39.0. The molecule has 1 heterocycles. The smallest absolute Gasteiger partial charge is 0.214 e. The van der Waals surface area contributed by atoms with Crippen LogP contribution in [-0.4, -0.2) is 4.98 Å². The van der Waals surface area contributed by atoms with Gasteiger partial charge in [-0.1, -0.05) is 11.6 Å². The SMILES string of the molecule is Fc1cc(F)c(Nc2ccnc(F)c2)c(Cl)c1. The van der Waals surface area contributed by atoms with Crippen LogP contribution in [0, 0.1) is 17.6 Å². The third-order valence-electron chi connectivity index (χ3n) is 2.00. The molecular formula is C11H6ClF3N2. The molecule has 88 valence electrons. The third kappa shape index (κ3) is 2.68. The number of nitrogens with zero attached hydrogens (tertiary/aromatic N) is 1. The van der Waals surface area contributed by atoms with E-state index in [4.69, 9.17) is 11.6 Å². The van der Waals surface area contributed by atoms with Crippen molar-refractivity contribution < 1.29 is 13.2 Å². The average Bonchev–Trinajstić information content (AvgIpc) is 2.23. The highest BCUT2D eigenvalue weighted by atomic mass is 35.5. The summed E-state index contributed by atoms with van der Waals surface area (Å²) in [6.07, 6.45) is 1.22. The van der Waals surface area contributed by atoms with Crippen molar-refractivity contribution in [2.75, 3.05) is 5.32 Å². The summed E-state index contributed by atoms with van der Waals surface area (Å²) in [5.74, 6) is -2.35. The highest BCUT2D eigenvalue weighted by Gasteiger charge is 2.10. The van der Waals surface area contributed by atoms with Crippen LogP contribution in [0.1, 0.15) is 0 Å². The van der Waals surface area contributed by atoms with Crippen molar-refractivity contribution >= 4 is 23.0 Å². The lowest BCUT2D eigenvalue weighted by Crippen LogP contribution is -1.97. The number of hydrogen-bond donors (Lipinski definition) is 1. The minimum atomic E-state index is -0.854. The maximum atomic E-state index is 13.4. The predicted molar refractivity (Wildman–Crippen MR) is 58.8 cm³/mol. The van der Waals surface area contributed by atoms with E-state index in [1.54, 1.807) is 0 Å². The van der Waals surface area contributed by atoms with Crippen molar-refractivity contribution in [1.82, 2.24) is 4.98 Å². The van der Waals surface area contributed by atoms with Crippen LogP contribution in [0.25, 0.3) is 0 Å². The van der Waals surface area contributed by atoms with Crippen LogP contribution in [-0.2, 0) is 0 Å². The molecule has 1 aromatic carbocycles. The van der Waals surface area contributed by atoms with Crippen molar-refractivity contribution in [1.29, 1.82) is 0 Å². The summed E-state index contributed by atoms with van der Waals surface area (Å²) in [6.45, 7) is 0. The first-order valence-electron chi connectivity index (χ1n) is 4.59. The van der Waals surface area contributed by atoms with Crippen molar-refractivity contribution in [3.63, 3.8) is 0 Å². The number of rotatable bonds is 2. The molecule has 0 unspecified atom stereocenters. The second kappa shape index (κ2) is 4.63. The van der Waals surface area contributed by atoms with Gasteiger partial charge in [0.15, 0.2) is 5.82 Å². The highest BCUT2D eigenvalue weighted by molar-refractivity contribution is 6.33. The van der Waals surface area contributed by atoms with Gasteiger partial charge in [-0.2, -0.15) is 4.39 Å². The van der Waals surface area contributed by atoms with Crippen LogP contribution >= 0.6 is 11.6 Å². The van der Waals surface area contributed by atoms with Gasteiger partial charge in [-0.05, 0) is 12.1 Å². The monoisotopic (exact) mass is 258 g/mol. The maximum Gasteiger partial charge on any atom is 0.214 e. The van der Waals surface area contributed by atoms with Gasteiger partial charge in [0.1, 0.15) is 5.82 Å². The van der Waals surface area contributed by atoms with E-state index >= 15 is 0 Å². The second-order valence-electron chi connectivity index (χ2n) is 3.24. The van der Waals surface area contributed by atoms with E-state index in [-0.39, 0.29) is 16.4 Å². The molecule has 0 spiro atoms. The Morgan fingerprint density at radius 3 is 2.53 bits per heavy atom. The Balaban J connectivity index is 2.36. The molecule has 0 saturated carbocycles. The fourth-order valence-corrected chi connectivity index (χ4v) is 1.53. The predicted octanol–water partition coefficient (Wildman–Crippen LogP) is 3.90. The standard InChI is InChI=1S/C11H6ClF3N2/c12-8-3-6(13)4-9(14)11(8)17-7-1-2-16-10(15)5-7/h1-5H,(H,16,17). The lowest BCUT2D eigenvalue weighted by atomic mass is 10.2. The highest BCUT2D eigenvalue weighted by Crippen LogP contribution is 2.29. The summed E-state index contributed by atoms with van der Waals surface area (Å²) in [6, 6.07) is 4.15. The molecule has 17 heavy (non-hydrogen) atoms. The zero-order chi connectivity index (χ0) is 12.4. The quantitative estimate of drug-likeness (QED) is 0.827. The number of hydrogen-bond acceptors (Lipinski definition) is 2. The van der Waals surface area contributed by atoms with Gasteiger partial charge in [0, 0.05) is 24.0 Å². The van der Waals surface area contributed by atoms with E-state index in [1.165, 1.54) is 12.3 Å². The first-order chi connectivity index (χ1) is 8.06. The van der Waals surface area contributed by atoms with Crippen LogP contribution in [0.15, 0.2) is 30.5 Å². The van der Waals surface area contributed by atoms with E-state index in [0.717, 1.165) is 12.1 Å². The maximum absolute atomic E-state index is 13.4. The summed E-state index contributed by atoms with van der Waals surface area (Å²) in [5.41, 5.74) is 0.156. The number of benzene rings is 1. The van der Waals surface area contributed by atoms with Gasteiger partial charge in [0.2, 0.25) is 5.95 Å². The van der Waals surface area contributed by atoms with Crippen molar-refractivity contribution in [3.05, 3.63) is 53.1 Å². The van der Waals surface area contributed by atoms with Crippen LogP contribution in [0.5, 0.6) is 0 Å². The Hall–Kier alpha value is -1.75. The molecule has 0 radical (unpaired) electrons. The van der Waals surface area contributed by atoms with Gasteiger partial charge in [-0.15, -0.1) is 0 Å². The van der Waals surface area contributed by atoms with Gasteiger partial charge in [0.25, 0.3) is 0 Å². The molecule has 6 heteroatoms. The minimum absolute atomic E-state index is 0.112. The zero-order valence-corrected chi connectivity index (χ0v) is 9.10. The number of nitrogens with one attached hydrogen (secondary N) is 1. The second-order valence-corrected chi connectivity index (χ2v) is 3.64. The van der Waals surface area contributed by atoms with Gasteiger partial charge >= 0.3 is 0 Å². The molecule has 0 aliphatic rings. The number of halogens is 4. The Bertz CT molecular complexity index is 537. The molecule has 0 bridgehead atoms. The summed E-state index contributed by atoms with van der Waals surface area (Å²) in [5, 5.41) is 2.43. The van der Waals surface area contributed by atoms with Gasteiger partial charge in [-0.3, -0.25) is 0 Å². The molecule has 0 amide bonds. The molecule has 0 aliphatic heterocycles. The van der Waals surface area contributed by atoms with Crippen LogP contribution < -0.4 is 5.32 Å². The fourth-order valence-electron chi connectivity index (χ4n) is 1.29. The molecular weight excluding hydrogens is 253 g/mol. The fraction of sp³-hybridized carbons (Fsp3) is 0. The normalized spacial score (nSPS) is 10.4. The van der Waals surface area contributed by atoms with Crippen molar-refractivity contribution in [3.8, 4) is 0 Å². The molecule has 2 aromatic rings. The van der Waals surface area contributed by atoms with E-state index in [9.17, 15) is 13.2 Å². The van der Waals surface area contributed by atoms with E-state index in [0.29, 0.717) is 6.07 Å². The Kier molecular flexibility index (Phi) is 3.19. The first-order valence-corrected chi connectivity index (χ1v) is 4.97. The van der Waals surface area contributed by atoms with E-state index in [1.807, 2.05) is 0 Å². The Labute approximate surface area is 100 Å². The number of aromatic nitrogens is 1. The molecule has 2 rings (SSSR count). The molecule has 0 atom stereocenters. The van der Waals surface area contributed by atoms with Gasteiger partial charge < -0.3 is 5.32 Å². The van der Waals surface area contributed by atoms with Crippen molar-refractivity contribution in [2.45, 2.75) is 0 Å². The Morgan fingerprint density at radius 1 is 1.12 bits per heavy atom. The van der Waals surface area contributed by atoms with E-state index < -0.39 is 17.6 Å². The summed E-state index contributed by atoms with van der Waals surface area (Å²) in [7, 11) is 0. The first kappa shape index (κ1) is 11.7. The number of pyridine rings is 1. The summed E-state index contributed by atoms with van der Waals surface area (Å²) in [4.78, 5) is 3.35. The van der Waals surface area contributed by atoms with Crippen LogP contribution in [0.3, 0.4) is 0 Å². The lowest BCUT2D eigenvalue weighted by Gasteiger charge is -2.09. The van der Waals surface area contributed by atoms with Gasteiger partial charge in [-0.25, -0.2) is 13.8 Å². The lowest BCUT2D eigenvalue weighted by molar-refractivity contribution is 0.582. The van der Waals surface area contributed by atoms with Crippen LogP contribution in [0.4, 0.5) is 24.5 Å². The molecule has 2 nitrogen and oxygen atoms in total. The molecule has 1 N–H and O–H groups in total. The zero-order valence-electron chi connectivity index (χ0n) is 8.35. The molecule has 0 fully saturated rings. The topological polar surface area (TPSA) is 24.9 Å². The van der Waals surface area contributed by atoms with Crippen LogP contribution in [0.2, 0.25) is 5.02 Å². The number of anilines is 2. The third-order valence-corrected chi connectivity index (χ3v) is 2.30. The van der Waals surface area contributed by atoms with Crippen molar-refractivity contribution in [2.24, 2.45) is 0 Å². The average molecular weight is 259 g/mol. The molecule has 0 saturated heterocycles. The Morgan fingerprint density at radius 2 is 1.88 bits per heavy atom. The molecule has 0 aliphatic carbocycles. The van der Waals surface area contributed by atoms with E-state index in [2.05, 4.69) is 10.3 Å². The minimum Gasteiger partial charge on any atom is -0.352 e. The summed E-state index contributed by atoms with van der Waals surface area (Å²) >= 11 is 5.67. The molecule has 1 aromatic heterocycles. The largest absolute Gasteiger partial charge is 0.352 e. The van der Waals surface area contributed by atoms with Gasteiger partial charge in [0.05, 0.1) is 10.7 Å².